The Hall–Kier alpha value is -1.47. The first-order chi connectivity index (χ1) is 9.34. The number of hydroxylamine groups is 2. The number of carbonyl (C=O) groups excluding carboxylic acids is 1. The van der Waals surface area contributed by atoms with E-state index in [1.54, 1.807) is 6.20 Å². The average molecular weight is 265 g/mol. The van der Waals surface area contributed by atoms with Gasteiger partial charge in [-0.05, 0) is 38.8 Å². The smallest absolute Gasteiger partial charge is 0.299 e. The molecule has 7 nitrogen and oxygen atoms in total. The minimum atomic E-state index is -0.181. The number of piperidine rings is 1. The first-order valence-corrected chi connectivity index (χ1v) is 6.92. The second kappa shape index (κ2) is 5.66. The third-order valence-corrected chi connectivity index (χ3v) is 3.64. The lowest BCUT2D eigenvalue weighted by Crippen LogP contribution is -2.36. The SMILES string of the molecule is O=C(c1cn(C2CCNCC2)nn1)N1CCCCO1. The zero-order valence-electron chi connectivity index (χ0n) is 10.9. The van der Waals surface area contributed by atoms with E-state index >= 15 is 0 Å². The molecule has 1 aromatic rings. The molecular formula is C12H19N5O2. The summed E-state index contributed by atoms with van der Waals surface area (Å²) in [6.45, 7) is 3.22. The van der Waals surface area contributed by atoms with Crippen LogP contribution >= 0.6 is 0 Å². The van der Waals surface area contributed by atoms with Crippen LogP contribution in [0.5, 0.6) is 0 Å². The molecule has 0 radical (unpaired) electrons. The predicted molar refractivity (Wildman–Crippen MR) is 67.4 cm³/mol. The summed E-state index contributed by atoms with van der Waals surface area (Å²) in [7, 11) is 0. The zero-order chi connectivity index (χ0) is 13.1. The fourth-order valence-corrected chi connectivity index (χ4v) is 2.51. The van der Waals surface area contributed by atoms with Crippen molar-refractivity contribution in [2.24, 2.45) is 0 Å². The molecule has 2 aliphatic heterocycles. The first-order valence-electron chi connectivity index (χ1n) is 6.92. The summed E-state index contributed by atoms with van der Waals surface area (Å²) in [5.41, 5.74) is 0.375. The summed E-state index contributed by atoms with van der Waals surface area (Å²) in [5, 5.41) is 12.8. The highest BCUT2D eigenvalue weighted by Crippen LogP contribution is 2.18. The van der Waals surface area contributed by atoms with E-state index in [4.69, 9.17) is 4.84 Å². The summed E-state index contributed by atoms with van der Waals surface area (Å²) in [6.07, 6.45) is 5.78. The van der Waals surface area contributed by atoms with Gasteiger partial charge in [0.15, 0.2) is 5.69 Å². The van der Waals surface area contributed by atoms with Crippen LogP contribution in [0.1, 0.15) is 42.2 Å². The maximum Gasteiger partial charge on any atom is 0.299 e. The lowest BCUT2D eigenvalue weighted by molar-refractivity contribution is -0.144. The molecule has 0 aliphatic carbocycles. The van der Waals surface area contributed by atoms with E-state index < -0.39 is 0 Å². The molecule has 104 valence electrons. The summed E-state index contributed by atoms with van der Waals surface area (Å²) < 4.78 is 1.82. The molecule has 0 aromatic carbocycles. The maximum atomic E-state index is 12.2. The van der Waals surface area contributed by atoms with Crippen LogP contribution in [0, 0.1) is 0 Å². The van der Waals surface area contributed by atoms with Crippen LogP contribution in [0.4, 0.5) is 0 Å². The summed E-state index contributed by atoms with van der Waals surface area (Å²) in [4.78, 5) is 17.5. The van der Waals surface area contributed by atoms with Crippen molar-refractivity contribution in [3.8, 4) is 0 Å². The molecule has 2 saturated heterocycles. The fraction of sp³-hybridized carbons (Fsp3) is 0.750. The van der Waals surface area contributed by atoms with Crippen LogP contribution in [0.2, 0.25) is 0 Å². The van der Waals surface area contributed by atoms with E-state index in [1.165, 1.54) is 5.06 Å². The molecule has 19 heavy (non-hydrogen) atoms. The van der Waals surface area contributed by atoms with Crippen molar-refractivity contribution in [2.75, 3.05) is 26.2 Å². The standard InChI is InChI=1S/C12H19N5O2/c18-12(17-7-1-2-8-19-17)11-9-16(15-14-11)10-3-5-13-6-4-10/h9-10,13H,1-8H2. The van der Waals surface area contributed by atoms with Gasteiger partial charge in [-0.2, -0.15) is 0 Å². The highest BCUT2D eigenvalue weighted by molar-refractivity contribution is 5.91. The third-order valence-electron chi connectivity index (χ3n) is 3.64. The number of nitrogens with zero attached hydrogens (tertiary/aromatic N) is 4. The topological polar surface area (TPSA) is 72.3 Å². The quantitative estimate of drug-likeness (QED) is 0.836. The van der Waals surface area contributed by atoms with E-state index in [9.17, 15) is 4.79 Å². The van der Waals surface area contributed by atoms with Gasteiger partial charge in [0.25, 0.3) is 5.91 Å². The molecule has 7 heteroatoms. The number of carbonyl (C=O) groups is 1. The monoisotopic (exact) mass is 265 g/mol. The summed E-state index contributed by atoms with van der Waals surface area (Å²) in [5.74, 6) is -0.181. The minimum absolute atomic E-state index is 0.181. The maximum absolute atomic E-state index is 12.2. The number of nitrogens with one attached hydrogen (secondary N) is 1. The number of hydrogen-bond donors (Lipinski definition) is 1. The van der Waals surface area contributed by atoms with Gasteiger partial charge < -0.3 is 5.32 Å². The molecule has 3 rings (SSSR count). The fourth-order valence-electron chi connectivity index (χ4n) is 2.51. The van der Waals surface area contributed by atoms with Crippen LogP contribution in [-0.2, 0) is 4.84 Å². The molecule has 0 saturated carbocycles. The van der Waals surface area contributed by atoms with E-state index in [1.807, 2.05) is 4.68 Å². The molecule has 1 amide bonds. The Labute approximate surface area is 111 Å². The van der Waals surface area contributed by atoms with Gasteiger partial charge in [0, 0.05) is 6.54 Å². The molecule has 0 spiro atoms. The van der Waals surface area contributed by atoms with Crippen molar-refractivity contribution in [3.63, 3.8) is 0 Å². The van der Waals surface area contributed by atoms with Crippen molar-refractivity contribution >= 4 is 5.91 Å². The van der Waals surface area contributed by atoms with Crippen LogP contribution < -0.4 is 5.32 Å². The number of amides is 1. The minimum Gasteiger partial charge on any atom is -0.317 e. The van der Waals surface area contributed by atoms with Crippen molar-refractivity contribution in [3.05, 3.63) is 11.9 Å². The molecule has 2 fully saturated rings. The highest BCUT2D eigenvalue weighted by Gasteiger charge is 2.24. The molecule has 0 unspecified atom stereocenters. The lowest BCUT2D eigenvalue weighted by atomic mass is 10.1. The van der Waals surface area contributed by atoms with E-state index in [0.29, 0.717) is 24.9 Å². The Balaban J connectivity index is 1.67. The van der Waals surface area contributed by atoms with Gasteiger partial charge >= 0.3 is 0 Å². The van der Waals surface area contributed by atoms with Crippen molar-refractivity contribution in [1.29, 1.82) is 0 Å². The number of aromatic nitrogens is 3. The van der Waals surface area contributed by atoms with E-state index in [0.717, 1.165) is 38.8 Å². The largest absolute Gasteiger partial charge is 0.317 e. The van der Waals surface area contributed by atoms with Crippen molar-refractivity contribution in [2.45, 2.75) is 31.7 Å². The zero-order valence-corrected chi connectivity index (χ0v) is 10.9. The third kappa shape index (κ3) is 2.76. The predicted octanol–water partition coefficient (Wildman–Crippen LogP) is 0.370. The van der Waals surface area contributed by atoms with Crippen molar-refractivity contribution < 1.29 is 9.63 Å². The van der Waals surface area contributed by atoms with Crippen LogP contribution in [-0.4, -0.2) is 52.2 Å². The van der Waals surface area contributed by atoms with Crippen LogP contribution in [0.15, 0.2) is 6.20 Å². The van der Waals surface area contributed by atoms with Gasteiger partial charge in [0.05, 0.1) is 18.8 Å². The van der Waals surface area contributed by atoms with Crippen LogP contribution in [0.25, 0.3) is 0 Å². The summed E-state index contributed by atoms with van der Waals surface area (Å²) >= 11 is 0. The van der Waals surface area contributed by atoms with Gasteiger partial charge in [-0.1, -0.05) is 5.21 Å². The highest BCUT2D eigenvalue weighted by atomic mass is 16.7. The number of hydrogen-bond acceptors (Lipinski definition) is 5. The van der Waals surface area contributed by atoms with E-state index in [2.05, 4.69) is 15.6 Å². The lowest BCUT2D eigenvalue weighted by Gasteiger charge is -2.24. The van der Waals surface area contributed by atoms with Gasteiger partial charge in [0.2, 0.25) is 0 Å². The number of rotatable bonds is 2. The Bertz CT molecular complexity index is 435. The first kappa shape index (κ1) is 12.6. The Morgan fingerprint density at radius 2 is 2.21 bits per heavy atom. The van der Waals surface area contributed by atoms with E-state index in [-0.39, 0.29) is 5.91 Å². The Morgan fingerprint density at radius 3 is 2.95 bits per heavy atom. The molecule has 0 atom stereocenters. The van der Waals surface area contributed by atoms with Gasteiger partial charge in [-0.3, -0.25) is 9.63 Å². The molecular weight excluding hydrogens is 246 g/mol. The molecule has 1 N–H and O–H groups in total. The van der Waals surface area contributed by atoms with Gasteiger partial charge in [-0.15, -0.1) is 5.10 Å². The Kier molecular flexibility index (Phi) is 3.74. The van der Waals surface area contributed by atoms with Gasteiger partial charge in [0.1, 0.15) is 0 Å². The molecule has 3 heterocycles. The second-order valence-electron chi connectivity index (χ2n) is 5.01. The molecule has 1 aromatic heterocycles. The van der Waals surface area contributed by atoms with Crippen molar-refractivity contribution in [1.82, 2.24) is 25.4 Å². The average Bonchev–Trinajstić information content (AvgIpc) is 2.98. The second-order valence-corrected chi connectivity index (χ2v) is 5.01. The van der Waals surface area contributed by atoms with Crippen LogP contribution in [0.3, 0.4) is 0 Å². The normalized spacial score (nSPS) is 21.6. The molecule has 2 aliphatic rings. The van der Waals surface area contributed by atoms with Gasteiger partial charge in [-0.25, -0.2) is 9.75 Å². The summed E-state index contributed by atoms with van der Waals surface area (Å²) in [6, 6.07) is 0.345. The molecule has 0 bridgehead atoms. The Morgan fingerprint density at radius 1 is 1.37 bits per heavy atom.